The number of nitrogens with zero attached hydrogens (tertiary/aromatic N) is 3. The summed E-state index contributed by atoms with van der Waals surface area (Å²) in [6.45, 7) is 8.94. The summed E-state index contributed by atoms with van der Waals surface area (Å²) in [6.07, 6.45) is 4.34. The molecule has 1 heterocycles. The maximum Gasteiger partial charge on any atom is 0.348 e. The topological polar surface area (TPSA) is 38.1 Å². The number of rotatable bonds is 3. The van der Waals surface area contributed by atoms with Crippen molar-refractivity contribution in [3.63, 3.8) is 0 Å². The molecular weight excluding hydrogens is 274 g/mol. The standard InChI is InChI=1S/C18H25N3O/c1-14(13-18(2,3)4)15-9-6-7-10-16(15)20(5)17(22)21-12-8-11-19-21/h6-12,14H,13H2,1-5H3. The number of hydrogen-bond donors (Lipinski definition) is 0. The Balaban J connectivity index is 2.30. The molecule has 0 saturated heterocycles. The zero-order valence-electron chi connectivity index (χ0n) is 14.1. The summed E-state index contributed by atoms with van der Waals surface area (Å²) in [4.78, 5) is 14.2. The van der Waals surface area contributed by atoms with E-state index in [1.807, 2.05) is 18.2 Å². The van der Waals surface area contributed by atoms with E-state index in [1.54, 1.807) is 30.4 Å². The van der Waals surface area contributed by atoms with Gasteiger partial charge in [0.1, 0.15) is 0 Å². The van der Waals surface area contributed by atoms with Crippen LogP contribution in [0.5, 0.6) is 0 Å². The molecule has 0 saturated carbocycles. The second kappa shape index (κ2) is 6.34. The first-order valence-electron chi connectivity index (χ1n) is 7.66. The predicted molar refractivity (Wildman–Crippen MR) is 90.4 cm³/mol. The third-order valence-electron chi connectivity index (χ3n) is 3.73. The van der Waals surface area contributed by atoms with Crippen LogP contribution in [-0.2, 0) is 0 Å². The highest BCUT2D eigenvalue weighted by molar-refractivity contribution is 5.93. The second-order valence-corrected chi connectivity index (χ2v) is 7.02. The highest BCUT2D eigenvalue weighted by atomic mass is 16.2. The molecule has 0 aliphatic heterocycles. The molecule has 2 aromatic rings. The molecule has 0 fully saturated rings. The van der Waals surface area contributed by atoms with Crippen LogP contribution >= 0.6 is 0 Å². The number of para-hydroxylation sites is 1. The van der Waals surface area contributed by atoms with E-state index >= 15 is 0 Å². The van der Waals surface area contributed by atoms with Gasteiger partial charge in [-0.3, -0.25) is 4.90 Å². The normalized spacial score (nSPS) is 13.0. The van der Waals surface area contributed by atoms with Crippen molar-refractivity contribution < 1.29 is 4.79 Å². The lowest BCUT2D eigenvalue weighted by Gasteiger charge is -2.27. The second-order valence-electron chi connectivity index (χ2n) is 7.02. The first-order chi connectivity index (χ1) is 10.3. The van der Waals surface area contributed by atoms with Crippen LogP contribution in [0, 0.1) is 5.41 Å². The Labute approximate surface area is 132 Å². The molecule has 4 heteroatoms. The van der Waals surface area contributed by atoms with Crippen LogP contribution in [0.3, 0.4) is 0 Å². The third kappa shape index (κ3) is 3.75. The first-order valence-corrected chi connectivity index (χ1v) is 7.66. The minimum atomic E-state index is -0.152. The van der Waals surface area contributed by atoms with Gasteiger partial charge in [0.15, 0.2) is 0 Å². The molecule has 0 bridgehead atoms. The quantitative estimate of drug-likeness (QED) is 0.835. The van der Waals surface area contributed by atoms with Crippen LogP contribution in [-0.4, -0.2) is 22.9 Å². The fraction of sp³-hybridized carbons (Fsp3) is 0.444. The highest BCUT2D eigenvalue weighted by Gasteiger charge is 2.22. The third-order valence-corrected chi connectivity index (χ3v) is 3.73. The molecule has 1 unspecified atom stereocenters. The zero-order chi connectivity index (χ0) is 16.3. The smallest absolute Gasteiger partial charge is 0.295 e. The van der Waals surface area contributed by atoms with Crippen LogP contribution in [0.15, 0.2) is 42.7 Å². The SMILES string of the molecule is CC(CC(C)(C)C)c1ccccc1N(C)C(=O)n1cccn1. The first kappa shape index (κ1) is 16.3. The van der Waals surface area contributed by atoms with Gasteiger partial charge in [0.2, 0.25) is 0 Å². The monoisotopic (exact) mass is 299 g/mol. The average molecular weight is 299 g/mol. The summed E-state index contributed by atoms with van der Waals surface area (Å²) >= 11 is 0. The minimum absolute atomic E-state index is 0.152. The Hall–Kier alpha value is -2.10. The molecule has 1 aromatic heterocycles. The highest BCUT2D eigenvalue weighted by Crippen LogP contribution is 2.35. The molecule has 4 nitrogen and oxygen atoms in total. The molecule has 0 N–H and O–H groups in total. The van der Waals surface area contributed by atoms with Gasteiger partial charge in [-0.15, -0.1) is 0 Å². The molecule has 0 radical (unpaired) electrons. The van der Waals surface area contributed by atoms with Gasteiger partial charge in [-0.2, -0.15) is 9.78 Å². The molecule has 0 spiro atoms. The average Bonchev–Trinajstić information content (AvgIpc) is 2.98. The van der Waals surface area contributed by atoms with E-state index in [4.69, 9.17) is 0 Å². The van der Waals surface area contributed by atoms with Crippen LogP contribution in [0.25, 0.3) is 0 Å². The predicted octanol–water partition coefficient (Wildman–Crippen LogP) is 4.53. The molecule has 2 rings (SSSR count). The van der Waals surface area contributed by atoms with Gasteiger partial charge in [0.25, 0.3) is 0 Å². The maximum atomic E-state index is 12.5. The van der Waals surface area contributed by atoms with Crippen molar-refractivity contribution in [1.29, 1.82) is 0 Å². The van der Waals surface area contributed by atoms with Crippen molar-refractivity contribution in [2.24, 2.45) is 5.41 Å². The Kier molecular flexibility index (Phi) is 4.69. The van der Waals surface area contributed by atoms with E-state index in [-0.39, 0.29) is 11.4 Å². The van der Waals surface area contributed by atoms with E-state index in [0.717, 1.165) is 12.1 Å². The number of amides is 1. The van der Waals surface area contributed by atoms with E-state index < -0.39 is 0 Å². The van der Waals surface area contributed by atoms with Crippen molar-refractivity contribution in [3.05, 3.63) is 48.3 Å². The van der Waals surface area contributed by atoms with E-state index in [2.05, 4.69) is 38.9 Å². The Morgan fingerprint density at radius 1 is 1.27 bits per heavy atom. The number of carbonyl (C=O) groups is 1. The largest absolute Gasteiger partial charge is 0.348 e. The fourth-order valence-corrected chi connectivity index (χ4v) is 2.88. The molecule has 0 aliphatic carbocycles. The molecule has 118 valence electrons. The van der Waals surface area contributed by atoms with Crippen LogP contribution in [0.2, 0.25) is 0 Å². The van der Waals surface area contributed by atoms with Gasteiger partial charge in [0, 0.05) is 25.1 Å². The van der Waals surface area contributed by atoms with Crippen LogP contribution < -0.4 is 4.90 Å². The summed E-state index contributed by atoms with van der Waals surface area (Å²) in [7, 11) is 1.80. The van der Waals surface area contributed by atoms with Crippen molar-refractivity contribution in [2.45, 2.75) is 40.0 Å². The number of carbonyl (C=O) groups excluding carboxylic acids is 1. The summed E-state index contributed by atoms with van der Waals surface area (Å²) < 4.78 is 1.35. The van der Waals surface area contributed by atoms with Crippen LogP contribution in [0.1, 0.15) is 45.6 Å². The van der Waals surface area contributed by atoms with Crippen molar-refractivity contribution in [2.75, 3.05) is 11.9 Å². The van der Waals surface area contributed by atoms with Gasteiger partial charge in [-0.25, -0.2) is 4.79 Å². The lowest BCUT2D eigenvalue weighted by atomic mass is 9.82. The minimum Gasteiger partial charge on any atom is -0.295 e. The summed E-state index contributed by atoms with van der Waals surface area (Å²) in [5.74, 6) is 0.379. The van der Waals surface area contributed by atoms with Gasteiger partial charge < -0.3 is 0 Å². The molecule has 0 aliphatic rings. The van der Waals surface area contributed by atoms with Gasteiger partial charge in [-0.1, -0.05) is 45.9 Å². The summed E-state index contributed by atoms with van der Waals surface area (Å²) in [5, 5.41) is 4.02. The van der Waals surface area contributed by atoms with Crippen molar-refractivity contribution in [1.82, 2.24) is 9.78 Å². The Morgan fingerprint density at radius 3 is 2.55 bits per heavy atom. The lowest BCUT2D eigenvalue weighted by Crippen LogP contribution is -2.32. The molecule has 1 atom stereocenters. The van der Waals surface area contributed by atoms with E-state index in [0.29, 0.717) is 5.92 Å². The molecular formula is C18H25N3O. The summed E-state index contributed by atoms with van der Waals surface area (Å²) in [5.41, 5.74) is 2.39. The van der Waals surface area contributed by atoms with Gasteiger partial charge >= 0.3 is 6.03 Å². The molecule has 22 heavy (non-hydrogen) atoms. The number of aromatic nitrogens is 2. The van der Waals surface area contributed by atoms with E-state index in [9.17, 15) is 4.79 Å². The molecule has 1 aromatic carbocycles. The number of anilines is 1. The number of hydrogen-bond acceptors (Lipinski definition) is 2. The maximum absolute atomic E-state index is 12.5. The lowest BCUT2D eigenvalue weighted by molar-refractivity contribution is 0.246. The summed E-state index contributed by atoms with van der Waals surface area (Å²) in [6, 6.07) is 9.70. The fourth-order valence-electron chi connectivity index (χ4n) is 2.88. The van der Waals surface area contributed by atoms with Gasteiger partial charge in [-0.05, 0) is 35.4 Å². The zero-order valence-corrected chi connectivity index (χ0v) is 14.1. The Bertz CT molecular complexity index is 626. The van der Waals surface area contributed by atoms with Gasteiger partial charge in [0.05, 0.1) is 0 Å². The van der Waals surface area contributed by atoms with Crippen LogP contribution in [0.4, 0.5) is 10.5 Å². The van der Waals surface area contributed by atoms with E-state index in [1.165, 1.54) is 10.2 Å². The Morgan fingerprint density at radius 2 is 1.95 bits per heavy atom. The molecule has 1 amide bonds. The number of benzene rings is 1. The van der Waals surface area contributed by atoms with Crippen molar-refractivity contribution >= 4 is 11.7 Å². The van der Waals surface area contributed by atoms with Crippen molar-refractivity contribution in [3.8, 4) is 0 Å².